The molecule has 1 aliphatic rings. The van der Waals surface area contributed by atoms with Crippen LogP contribution in [0.1, 0.15) is 35.6 Å². The number of nitrogens with zero attached hydrogens (tertiary/aromatic N) is 3. The fraction of sp³-hybridized carbons (Fsp3) is 0.667. The van der Waals surface area contributed by atoms with Gasteiger partial charge in [-0.15, -0.1) is 0 Å². The summed E-state index contributed by atoms with van der Waals surface area (Å²) < 4.78 is 0. The van der Waals surface area contributed by atoms with Crippen molar-refractivity contribution in [3.63, 3.8) is 0 Å². The number of rotatable bonds is 8. The first-order valence-corrected chi connectivity index (χ1v) is 8.36. The molecule has 0 spiro atoms. The summed E-state index contributed by atoms with van der Waals surface area (Å²) in [4.78, 5) is 7.03. The highest BCUT2D eigenvalue weighted by Crippen LogP contribution is 2.33. The van der Waals surface area contributed by atoms with Crippen LogP contribution in [0, 0.1) is 0 Å². The van der Waals surface area contributed by atoms with Gasteiger partial charge in [0.05, 0.1) is 0 Å². The van der Waals surface area contributed by atoms with Crippen molar-refractivity contribution in [1.29, 1.82) is 0 Å². The van der Waals surface area contributed by atoms with Crippen molar-refractivity contribution in [2.24, 2.45) is 5.73 Å². The van der Waals surface area contributed by atoms with Crippen molar-refractivity contribution in [1.82, 2.24) is 14.7 Å². The zero-order valence-electron chi connectivity index (χ0n) is 14.7. The van der Waals surface area contributed by atoms with Crippen molar-refractivity contribution < 1.29 is 0 Å². The molecule has 124 valence electrons. The zero-order valence-corrected chi connectivity index (χ0v) is 14.7. The van der Waals surface area contributed by atoms with Crippen LogP contribution in [0.25, 0.3) is 0 Å². The summed E-state index contributed by atoms with van der Waals surface area (Å²) >= 11 is 0. The number of hydrogen-bond donors (Lipinski definition) is 1. The third kappa shape index (κ3) is 4.53. The van der Waals surface area contributed by atoms with Gasteiger partial charge < -0.3 is 15.5 Å². The van der Waals surface area contributed by atoms with Crippen LogP contribution in [0.4, 0.5) is 0 Å². The molecule has 1 atom stereocenters. The van der Waals surface area contributed by atoms with Crippen molar-refractivity contribution in [2.75, 3.05) is 47.8 Å². The number of fused-ring (bicyclic) bond motifs is 1. The highest BCUT2D eigenvalue weighted by Gasteiger charge is 2.28. The minimum atomic E-state index is 0.400. The van der Waals surface area contributed by atoms with Gasteiger partial charge in [-0.2, -0.15) is 0 Å². The Morgan fingerprint density at radius 1 is 1.14 bits per heavy atom. The molecular weight excluding hydrogens is 272 g/mol. The third-order valence-electron chi connectivity index (χ3n) is 4.41. The van der Waals surface area contributed by atoms with Gasteiger partial charge in [0, 0.05) is 25.7 Å². The second-order valence-electron chi connectivity index (χ2n) is 7.00. The molecule has 0 aliphatic carbocycles. The van der Waals surface area contributed by atoms with Crippen LogP contribution < -0.4 is 5.73 Å². The van der Waals surface area contributed by atoms with Gasteiger partial charge in [0.15, 0.2) is 0 Å². The van der Waals surface area contributed by atoms with E-state index in [1.165, 1.54) is 36.1 Å². The molecule has 4 heteroatoms. The van der Waals surface area contributed by atoms with Gasteiger partial charge in [0.2, 0.25) is 0 Å². The van der Waals surface area contributed by atoms with Gasteiger partial charge in [-0.3, -0.25) is 4.90 Å². The smallest absolute Gasteiger partial charge is 0.0477 e. The monoisotopic (exact) mass is 304 g/mol. The lowest BCUT2D eigenvalue weighted by atomic mass is 10.0. The first kappa shape index (κ1) is 17.4. The molecule has 1 heterocycles. The highest BCUT2D eigenvalue weighted by molar-refractivity contribution is 5.38. The largest absolute Gasteiger partial charge is 0.329 e. The topological polar surface area (TPSA) is 35.7 Å². The van der Waals surface area contributed by atoms with E-state index in [-0.39, 0.29) is 0 Å². The predicted molar refractivity (Wildman–Crippen MR) is 93.8 cm³/mol. The maximum Gasteiger partial charge on any atom is 0.0477 e. The van der Waals surface area contributed by atoms with Gasteiger partial charge in [-0.25, -0.2) is 0 Å². The van der Waals surface area contributed by atoms with Crippen molar-refractivity contribution in [3.8, 4) is 0 Å². The Labute approximate surface area is 135 Å². The van der Waals surface area contributed by atoms with E-state index in [4.69, 9.17) is 5.73 Å². The summed E-state index contributed by atoms with van der Waals surface area (Å²) in [5, 5.41) is 0. The fourth-order valence-corrected chi connectivity index (χ4v) is 3.34. The Morgan fingerprint density at radius 3 is 2.55 bits per heavy atom. The van der Waals surface area contributed by atoms with Gasteiger partial charge in [0.1, 0.15) is 0 Å². The van der Waals surface area contributed by atoms with Gasteiger partial charge in [-0.05, 0) is 70.8 Å². The molecule has 1 unspecified atom stereocenters. The first-order chi connectivity index (χ1) is 10.5. The van der Waals surface area contributed by atoms with Crippen molar-refractivity contribution in [3.05, 3.63) is 34.9 Å². The van der Waals surface area contributed by atoms with Crippen LogP contribution in [0.5, 0.6) is 0 Å². The second-order valence-corrected chi connectivity index (χ2v) is 7.00. The first-order valence-electron chi connectivity index (χ1n) is 8.36. The standard InChI is InChI=1S/C18H32N4/c1-20(2)9-5-6-10-22-14-16-8-7-15(13-21(3)4)11-17(16)18(22)12-19/h7-8,11,18H,5-6,9-10,12-14,19H2,1-4H3. The van der Waals surface area contributed by atoms with Gasteiger partial charge in [0.25, 0.3) is 0 Å². The average molecular weight is 304 g/mol. The van der Waals surface area contributed by atoms with Crippen LogP contribution in [0.3, 0.4) is 0 Å². The molecule has 2 rings (SSSR count). The van der Waals surface area contributed by atoms with Crippen LogP contribution in [-0.4, -0.2) is 62.5 Å². The summed E-state index contributed by atoms with van der Waals surface area (Å²) in [6.45, 7) is 5.08. The SMILES string of the molecule is CN(C)CCCCN1Cc2ccc(CN(C)C)cc2C1CN. The van der Waals surface area contributed by atoms with Crippen LogP contribution in [0.15, 0.2) is 18.2 Å². The van der Waals surface area contributed by atoms with Crippen molar-refractivity contribution >= 4 is 0 Å². The molecule has 0 fully saturated rings. The van der Waals surface area contributed by atoms with E-state index in [0.717, 1.165) is 19.6 Å². The fourth-order valence-electron chi connectivity index (χ4n) is 3.34. The molecule has 1 aliphatic heterocycles. The molecule has 0 aromatic heterocycles. The number of benzene rings is 1. The van der Waals surface area contributed by atoms with E-state index in [1.54, 1.807) is 0 Å². The molecule has 0 radical (unpaired) electrons. The van der Waals surface area contributed by atoms with E-state index in [1.807, 2.05) is 0 Å². The predicted octanol–water partition coefficient (Wildman–Crippen LogP) is 1.91. The lowest BCUT2D eigenvalue weighted by Crippen LogP contribution is -2.29. The Hall–Kier alpha value is -0.940. The Bertz CT molecular complexity index is 470. The average Bonchev–Trinajstić information content (AvgIpc) is 2.79. The molecular formula is C18H32N4. The molecule has 22 heavy (non-hydrogen) atoms. The molecule has 0 saturated heterocycles. The Balaban J connectivity index is 1.98. The maximum absolute atomic E-state index is 6.08. The van der Waals surface area contributed by atoms with E-state index in [9.17, 15) is 0 Å². The molecule has 2 N–H and O–H groups in total. The zero-order chi connectivity index (χ0) is 16.1. The number of nitrogens with two attached hydrogens (primary N) is 1. The summed E-state index contributed by atoms with van der Waals surface area (Å²) in [5.74, 6) is 0. The Kier molecular flexibility index (Phi) is 6.38. The number of hydrogen-bond acceptors (Lipinski definition) is 4. The van der Waals surface area contributed by atoms with Crippen LogP contribution in [0.2, 0.25) is 0 Å². The van der Waals surface area contributed by atoms with Crippen molar-refractivity contribution in [2.45, 2.75) is 32.0 Å². The summed E-state index contributed by atoms with van der Waals surface area (Å²) in [6.07, 6.45) is 2.50. The minimum Gasteiger partial charge on any atom is -0.329 e. The highest BCUT2D eigenvalue weighted by atomic mass is 15.2. The lowest BCUT2D eigenvalue weighted by Gasteiger charge is -2.24. The van der Waals surface area contributed by atoms with E-state index >= 15 is 0 Å². The molecule has 1 aromatic rings. The maximum atomic E-state index is 6.08. The molecule has 0 bridgehead atoms. The quantitative estimate of drug-likeness (QED) is 0.744. The number of unbranched alkanes of at least 4 members (excludes halogenated alkanes) is 1. The normalized spacial score (nSPS) is 18.4. The Morgan fingerprint density at radius 2 is 1.91 bits per heavy atom. The summed E-state index contributed by atoms with van der Waals surface area (Å²) in [7, 11) is 8.51. The van der Waals surface area contributed by atoms with Gasteiger partial charge in [-0.1, -0.05) is 18.2 Å². The molecule has 4 nitrogen and oxygen atoms in total. The van der Waals surface area contributed by atoms with Crippen LogP contribution in [-0.2, 0) is 13.1 Å². The van der Waals surface area contributed by atoms with E-state index < -0.39 is 0 Å². The van der Waals surface area contributed by atoms with Crippen LogP contribution >= 0.6 is 0 Å². The second kappa shape index (κ2) is 8.06. The lowest BCUT2D eigenvalue weighted by molar-refractivity contribution is 0.212. The van der Waals surface area contributed by atoms with E-state index in [2.05, 4.69) is 61.1 Å². The summed E-state index contributed by atoms with van der Waals surface area (Å²) in [5.41, 5.74) is 10.4. The summed E-state index contributed by atoms with van der Waals surface area (Å²) in [6, 6.07) is 7.34. The minimum absolute atomic E-state index is 0.400. The van der Waals surface area contributed by atoms with E-state index in [0.29, 0.717) is 12.6 Å². The third-order valence-corrected chi connectivity index (χ3v) is 4.41. The molecule has 1 aromatic carbocycles. The van der Waals surface area contributed by atoms with Gasteiger partial charge >= 0.3 is 0 Å². The molecule has 0 amide bonds. The molecule has 0 saturated carbocycles.